The number of pyridine rings is 1. The summed E-state index contributed by atoms with van der Waals surface area (Å²) >= 11 is 0. The zero-order valence-electron chi connectivity index (χ0n) is 27.3. The SMILES string of the molecule is COC(=O)c1ccc2oc(C(O)C(Cc3ccccc3)NC(=O)Cn3c(-c4ccncc4)ncc(NC(=O)OCc4ccccc4)c3=O)nc2c1. The fourth-order valence-corrected chi connectivity index (χ4v) is 5.32. The smallest absolute Gasteiger partial charge is 0.412 e. The van der Waals surface area contributed by atoms with Gasteiger partial charge in [-0.15, -0.1) is 0 Å². The highest BCUT2D eigenvalue weighted by molar-refractivity contribution is 5.93. The number of aliphatic hydroxyl groups is 1. The number of rotatable bonds is 12. The molecule has 258 valence electrons. The van der Waals surface area contributed by atoms with Gasteiger partial charge in [0.05, 0.1) is 24.9 Å². The molecule has 0 radical (unpaired) electrons. The number of methoxy groups -OCH3 is 1. The van der Waals surface area contributed by atoms with E-state index in [-0.39, 0.29) is 36.0 Å². The third-order valence-electron chi connectivity index (χ3n) is 7.84. The molecule has 3 aromatic carbocycles. The van der Waals surface area contributed by atoms with Crippen LogP contribution in [0.25, 0.3) is 22.5 Å². The van der Waals surface area contributed by atoms with Gasteiger partial charge in [0.15, 0.2) is 11.7 Å². The third kappa shape index (κ3) is 8.32. The van der Waals surface area contributed by atoms with Crippen molar-refractivity contribution in [2.24, 2.45) is 0 Å². The highest BCUT2D eigenvalue weighted by atomic mass is 16.5. The molecule has 0 spiro atoms. The van der Waals surface area contributed by atoms with Gasteiger partial charge in [-0.25, -0.2) is 19.6 Å². The number of oxazole rings is 1. The number of anilines is 1. The third-order valence-corrected chi connectivity index (χ3v) is 7.84. The maximum atomic E-state index is 13.8. The predicted octanol–water partition coefficient (Wildman–Crippen LogP) is 4.44. The molecule has 51 heavy (non-hydrogen) atoms. The first-order valence-electron chi connectivity index (χ1n) is 15.8. The minimum atomic E-state index is -1.44. The lowest BCUT2D eigenvalue weighted by atomic mass is 10.0. The molecular formula is C37H32N6O8. The number of carbonyl (C=O) groups is 3. The van der Waals surface area contributed by atoms with Gasteiger partial charge in [0.25, 0.3) is 5.56 Å². The van der Waals surface area contributed by atoms with Gasteiger partial charge in [-0.05, 0) is 47.9 Å². The normalized spacial score (nSPS) is 12.1. The summed E-state index contributed by atoms with van der Waals surface area (Å²) in [6.07, 6.45) is 2.06. The Hall–Kier alpha value is -6.67. The number of fused-ring (bicyclic) bond motifs is 1. The molecule has 14 nitrogen and oxygen atoms in total. The summed E-state index contributed by atoms with van der Waals surface area (Å²) in [4.78, 5) is 65.0. The molecule has 3 N–H and O–H groups in total. The Morgan fingerprint density at radius 3 is 2.35 bits per heavy atom. The van der Waals surface area contributed by atoms with Crippen molar-refractivity contribution in [1.29, 1.82) is 0 Å². The Labute approximate surface area is 290 Å². The van der Waals surface area contributed by atoms with Crippen LogP contribution < -0.4 is 16.2 Å². The molecule has 14 heteroatoms. The van der Waals surface area contributed by atoms with Crippen molar-refractivity contribution in [2.75, 3.05) is 12.4 Å². The van der Waals surface area contributed by atoms with Crippen LogP contribution >= 0.6 is 0 Å². The minimum absolute atomic E-state index is 0.0243. The number of esters is 1. The van der Waals surface area contributed by atoms with Crippen LogP contribution in [-0.4, -0.2) is 55.7 Å². The summed E-state index contributed by atoms with van der Waals surface area (Å²) < 4.78 is 17.0. The molecule has 6 aromatic rings. The molecule has 2 unspecified atom stereocenters. The quantitative estimate of drug-likeness (QED) is 0.154. The van der Waals surface area contributed by atoms with Crippen molar-refractivity contribution in [3.8, 4) is 11.4 Å². The number of aliphatic hydroxyl groups excluding tert-OH is 1. The first-order chi connectivity index (χ1) is 24.8. The van der Waals surface area contributed by atoms with Gasteiger partial charge in [-0.2, -0.15) is 0 Å². The Bertz CT molecular complexity index is 2210. The second-order valence-electron chi connectivity index (χ2n) is 11.3. The van der Waals surface area contributed by atoms with Crippen LogP contribution in [-0.2, 0) is 33.8 Å². The van der Waals surface area contributed by atoms with Gasteiger partial charge in [0.2, 0.25) is 11.8 Å². The predicted molar refractivity (Wildman–Crippen MR) is 184 cm³/mol. The average molecular weight is 689 g/mol. The lowest BCUT2D eigenvalue weighted by Gasteiger charge is -2.23. The van der Waals surface area contributed by atoms with E-state index in [1.807, 2.05) is 36.4 Å². The van der Waals surface area contributed by atoms with E-state index in [9.17, 15) is 24.3 Å². The molecule has 2 amide bonds. The summed E-state index contributed by atoms with van der Waals surface area (Å²) in [6, 6.07) is 25.0. The average Bonchev–Trinajstić information content (AvgIpc) is 3.60. The Balaban J connectivity index is 1.27. The topological polar surface area (TPSA) is 188 Å². The van der Waals surface area contributed by atoms with E-state index < -0.39 is 42.2 Å². The molecule has 0 fully saturated rings. The highest BCUT2D eigenvalue weighted by Gasteiger charge is 2.29. The van der Waals surface area contributed by atoms with Crippen molar-refractivity contribution in [2.45, 2.75) is 31.7 Å². The number of aromatic nitrogens is 4. The Morgan fingerprint density at radius 1 is 0.941 bits per heavy atom. The zero-order chi connectivity index (χ0) is 35.7. The maximum Gasteiger partial charge on any atom is 0.412 e. The molecule has 0 saturated heterocycles. The fraction of sp³-hybridized carbons (Fsp3) is 0.162. The lowest BCUT2D eigenvalue weighted by molar-refractivity contribution is -0.123. The summed E-state index contributed by atoms with van der Waals surface area (Å²) in [5.74, 6) is -1.16. The van der Waals surface area contributed by atoms with E-state index in [4.69, 9.17) is 13.9 Å². The van der Waals surface area contributed by atoms with Crippen molar-refractivity contribution in [3.63, 3.8) is 0 Å². The number of benzene rings is 3. The van der Waals surface area contributed by atoms with Crippen LogP contribution in [0.2, 0.25) is 0 Å². The van der Waals surface area contributed by atoms with Gasteiger partial charge in [-0.1, -0.05) is 60.7 Å². The van der Waals surface area contributed by atoms with Crippen LogP contribution in [0.1, 0.15) is 33.5 Å². The molecule has 2 atom stereocenters. The van der Waals surface area contributed by atoms with E-state index in [0.29, 0.717) is 16.7 Å². The molecular weight excluding hydrogens is 656 g/mol. The van der Waals surface area contributed by atoms with Crippen LogP contribution in [0, 0.1) is 0 Å². The van der Waals surface area contributed by atoms with Gasteiger partial charge in [-0.3, -0.25) is 24.5 Å². The van der Waals surface area contributed by atoms with E-state index >= 15 is 0 Å². The molecule has 0 aliphatic rings. The van der Waals surface area contributed by atoms with Crippen LogP contribution in [0.15, 0.2) is 119 Å². The molecule has 3 aromatic heterocycles. The number of hydrogen-bond donors (Lipinski definition) is 3. The Kier molecular flexibility index (Phi) is 10.5. The summed E-state index contributed by atoms with van der Waals surface area (Å²) in [5.41, 5.74) is 1.98. The summed E-state index contributed by atoms with van der Waals surface area (Å²) in [5, 5.41) is 16.8. The van der Waals surface area contributed by atoms with Crippen molar-refractivity contribution in [3.05, 3.63) is 143 Å². The van der Waals surface area contributed by atoms with Crippen molar-refractivity contribution < 1.29 is 33.4 Å². The molecule has 0 aliphatic carbocycles. The first-order valence-corrected chi connectivity index (χ1v) is 15.8. The monoisotopic (exact) mass is 688 g/mol. The Morgan fingerprint density at radius 2 is 1.65 bits per heavy atom. The van der Waals surface area contributed by atoms with Gasteiger partial charge >= 0.3 is 12.1 Å². The number of carbonyl (C=O) groups excluding carboxylic acids is 3. The summed E-state index contributed by atoms with van der Waals surface area (Å²) in [7, 11) is 1.26. The number of nitrogens with one attached hydrogen (secondary N) is 2. The minimum Gasteiger partial charge on any atom is -0.465 e. The largest absolute Gasteiger partial charge is 0.465 e. The van der Waals surface area contributed by atoms with E-state index in [2.05, 4.69) is 25.6 Å². The van der Waals surface area contributed by atoms with E-state index in [1.54, 1.807) is 36.4 Å². The van der Waals surface area contributed by atoms with Crippen LogP contribution in [0.3, 0.4) is 0 Å². The first kappa shape index (κ1) is 34.2. The second-order valence-corrected chi connectivity index (χ2v) is 11.3. The zero-order valence-corrected chi connectivity index (χ0v) is 27.3. The number of nitrogens with zero attached hydrogens (tertiary/aromatic N) is 4. The maximum absolute atomic E-state index is 13.8. The fourth-order valence-electron chi connectivity index (χ4n) is 5.32. The van der Waals surface area contributed by atoms with E-state index in [1.165, 1.54) is 43.9 Å². The van der Waals surface area contributed by atoms with Gasteiger partial charge in [0, 0.05) is 18.0 Å². The summed E-state index contributed by atoms with van der Waals surface area (Å²) in [6.45, 7) is -0.560. The molecule has 0 aliphatic heterocycles. The molecule has 0 bridgehead atoms. The van der Waals surface area contributed by atoms with Gasteiger partial charge < -0.3 is 24.3 Å². The highest BCUT2D eigenvalue weighted by Crippen LogP contribution is 2.25. The lowest BCUT2D eigenvalue weighted by Crippen LogP contribution is -2.44. The van der Waals surface area contributed by atoms with E-state index in [0.717, 1.165) is 15.7 Å². The number of hydrogen-bond acceptors (Lipinski definition) is 11. The molecule has 3 heterocycles. The number of ether oxygens (including phenoxy) is 2. The standard InChI is InChI=1S/C37H32N6O8/c1-49-36(47)26-12-13-30-27(19-26)41-34(51-30)32(45)28(18-23-8-4-2-5-9-23)40-31(44)21-43-33(25-14-16-38-17-15-25)39-20-29(35(43)46)42-37(48)50-22-24-10-6-3-7-11-24/h2-17,19-20,28,32,45H,18,21-22H2,1H3,(H,40,44)(H,42,48). The number of amides is 2. The van der Waals surface area contributed by atoms with Crippen LogP contribution in [0.5, 0.6) is 0 Å². The molecule has 0 saturated carbocycles. The van der Waals surface area contributed by atoms with Crippen molar-refractivity contribution >= 4 is 34.8 Å². The second kappa shape index (κ2) is 15.7. The van der Waals surface area contributed by atoms with Crippen LogP contribution in [0.4, 0.5) is 10.5 Å². The van der Waals surface area contributed by atoms with Crippen molar-refractivity contribution in [1.82, 2.24) is 24.8 Å². The molecule has 6 rings (SSSR count). The van der Waals surface area contributed by atoms with Gasteiger partial charge in [0.1, 0.15) is 30.2 Å².